The number of nitrogens with two attached hydrogens (primary N) is 1. The van der Waals surface area contributed by atoms with Gasteiger partial charge in [0.25, 0.3) is 5.69 Å². The molecule has 0 aliphatic rings. The quantitative estimate of drug-likeness (QED) is 0.470. The van der Waals surface area contributed by atoms with E-state index >= 15 is 0 Å². The molecule has 0 spiro atoms. The highest BCUT2D eigenvalue weighted by Crippen LogP contribution is 2.25. The van der Waals surface area contributed by atoms with E-state index in [-0.39, 0.29) is 12.2 Å². The highest BCUT2D eigenvalue weighted by molar-refractivity contribution is 7.89. The second-order valence-corrected chi connectivity index (χ2v) is 5.95. The van der Waals surface area contributed by atoms with Gasteiger partial charge < -0.3 is 10.2 Å². The minimum atomic E-state index is -3.99. The number of nitro groups is 1. The number of furan rings is 1. The van der Waals surface area contributed by atoms with Crippen molar-refractivity contribution in [3.8, 4) is 0 Å². The molecule has 112 valence electrons. The first kappa shape index (κ1) is 15.0. The second kappa shape index (κ2) is 5.94. The molecule has 9 heteroatoms. The van der Waals surface area contributed by atoms with Crippen molar-refractivity contribution in [2.24, 2.45) is 0 Å². The molecule has 0 bridgehead atoms. The van der Waals surface area contributed by atoms with Gasteiger partial charge in [0.1, 0.15) is 5.76 Å². The van der Waals surface area contributed by atoms with Crippen molar-refractivity contribution in [3.05, 3.63) is 52.5 Å². The van der Waals surface area contributed by atoms with Crippen LogP contribution in [0.2, 0.25) is 0 Å². The standard InChI is InChI=1S/C12H13N3O5S/c13-9-3-4-12(11(8-9)15(16)17)21(18,19)14-6-5-10-2-1-7-20-10/h1-4,7-8,14H,5-6,13H2. The van der Waals surface area contributed by atoms with Gasteiger partial charge in [0.05, 0.1) is 11.2 Å². The molecule has 0 aliphatic carbocycles. The lowest BCUT2D eigenvalue weighted by molar-refractivity contribution is -0.387. The Kier molecular flexibility index (Phi) is 4.24. The van der Waals surface area contributed by atoms with E-state index in [0.29, 0.717) is 12.2 Å². The molecule has 0 saturated carbocycles. The largest absolute Gasteiger partial charge is 0.469 e. The predicted molar refractivity (Wildman–Crippen MR) is 75.1 cm³/mol. The Morgan fingerprint density at radius 3 is 2.71 bits per heavy atom. The molecule has 1 aromatic heterocycles. The van der Waals surface area contributed by atoms with Crippen LogP contribution in [0, 0.1) is 10.1 Å². The van der Waals surface area contributed by atoms with Crippen LogP contribution in [-0.2, 0) is 16.4 Å². The maximum Gasteiger partial charge on any atom is 0.291 e. The summed E-state index contributed by atoms with van der Waals surface area (Å²) in [5.74, 6) is 0.615. The molecule has 0 atom stereocenters. The van der Waals surface area contributed by atoms with E-state index in [1.165, 1.54) is 12.3 Å². The molecule has 8 nitrogen and oxygen atoms in total. The molecule has 0 saturated heterocycles. The van der Waals surface area contributed by atoms with Crippen LogP contribution < -0.4 is 10.5 Å². The molecule has 0 radical (unpaired) electrons. The Balaban J connectivity index is 2.17. The number of nitro benzene ring substituents is 1. The number of benzene rings is 1. The molecule has 1 aromatic carbocycles. The summed E-state index contributed by atoms with van der Waals surface area (Å²) in [6.45, 7) is 0.0668. The van der Waals surface area contributed by atoms with Crippen LogP contribution in [0.15, 0.2) is 45.9 Å². The van der Waals surface area contributed by atoms with Crippen LogP contribution in [0.1, 0.15) is 5.76 Å². The van der Waals surface area contributed by atoms with Crippen molar-refractivity contribution >= 4 is 21.4 Å². The van der Waals surface area contributed by atoms with Gasteiger partial charge >= 0.3 is 0 Å². The Labute approximate surface area is 120 Å². The summed E-state index contributed by atoms with van der Waals surface area (Å²) in [5.41, 5.74) is 5.01. The third-order valence-corrected chi connectivity index (χ3v) is 4.22. The molecule has 1 heterocycles. The third kappa shape index (κ3) is 3.58. The van der Waals surface area contributed by atoms with Gasteiger partial charge in [0.2, 0.25) is 10.0 Å². The summed E-state index contributed by atoms with van der Waals surface area (Å²) in [6.07, 6.45) is 1.82. The van der Waals surface area contributed by atoms with Gasteiger partial charge in [0.15, 0.2) is 4.90 Å². The normalized spacial score (nSPS) is 11.4. The fraction of sp³-hybridized carbons (Fsp3) is 0.167. The van der Waals surface area contributed by atoms with Gasteiger partial charge in [-0.15, -0.1) is 0 Å². The first-order chi connectivity index (χ1) is 9.90. The number of sulfonamides is 1. The van der Waals surface area contributed by atoms with Crippen molar-refractivity contribution < 1.29 is 17.8 Å². The van der Waals surface area contributed by atoms with Crippen molar-refractivity contribution in [2.45, 2.75) is 11.3 Å². The highest BCUT2D eigenvalue weighted by atomic mass is 32.2. The first-order valence-electron chi connectivity index (χ1n) is 5.96. The topological polar surface area (TPSA) is 128 Å². The second-order valence-electron chi connectivity index (χ2n) is 4.21. The van der Waals surface area contributed by atoms with Crippen LogP contribution >= 0.6 is 0 Å². The number of anilines is 1. The number of nitrogens with one attached hydrogen (secondary N) is 1. The predicted octanol–water partition coefficient (Wildman–Crippen LogP) is 1.29. The lowest BCUT2D eigenvalue weighted by Gasteiger charge is -2.07. The minimum Gasteiger partial charge on any atom is -0.469 e. The Morgan fingerprint density at radius 2 is 2.10 bits per heavy atom. The van der Waals surface area contributed by atoms with Crippen LogP contribution in [0.4, 0.5) is 11.4 Å². The maximum atomic E-state index is 12.1. The molecular formula is C12H13N3O5S. The van der Waals surface area contributed by atoms with Crippen LogP contribution in [-0.4, -0.2) is 19.9 Å². The molecule has 0 aliphatic heterocycles. The summed E-state index contributed by atoms with van der Waals surface area (Å²) >= 11 is 0. The Morgan fingerprint density at radius 1 is 1.33 bits per heavy atom. The average Bonchev–Trinajstić information content (AvgIpc) is 2.91. The van der Waals surface area contributed by atoms with E-state index in [4.69, 9.17) is 10.2 Å². The molecule has 0 unspecified atom stereocenters. The summed E-state index contributed by atoms with van der Waals surface area (Å²) in [7, 11) is -3.99. The van der Waals surface area contributed by atoms with E-state index in [9.17, 15) is 18.5 Å². The van der Waals surface area contributed by atoms with Crippen LogP contribution in [0.25, 0.3) is 0 Å². The van der Waals surface area contributed by atoms with Gasteiger partial charge in [-0.05, 0) is 24.3 Å². The number of hydrogen-bond donors (Lipinski definition) is 2. The van der Waals surface area contributed by atoms with Crippen LogP contribution in [0.3, 0.4) is 0 Å². The molecule has 0 amide bonds. The first-order valence-corrected chi connectivity index (χ1v) is 7.44. The third-order valence-electron chi connectivity index (χ3n) is 2.71. The summed E-state index contributed by atoms with van der Waals surface area (Å²) in [4.78, 5) is 9.73. The summed E-state index contributed by atoms with van der Waals surface area (Å²) in [5, 5.41) is 10.9. The smallest absolute Gasteiger partial charge is 0.291 e. The van der Waals surface area contributed by atoms with E-state index in [0.717, 1.165) is 12.1 Å². The molecule has 2 rings (SSSR count). The number of nitrogens with zero attached hydrogens (tertiary/aromatic N) is 1. The molecule has 2 aromatic rings. The number of nitrogen functional groups attached to an aromatic ring is 1. The zero-order valence-electron chi connectivity index (χ0n) is 10.9. The van der Waals surface area contributed by atoms with Gasteiger partial charge in [-0.2, -0.15) is 0 Å². The van der Waals surface area contributed by atoms with E-state index in [1.807, 2.05) is 0 Å². The fourth-order valence-electron chi connectivity index (χ4n) is 1.75. The van der Waals surface area contributed by atoms with E-state index in [2.05, 4.69) is 4.72 Å². The lowest BCUT2D eigenvalue weighted by Crippen LogP contribution is -2.26. The zero-order valence-corrected chi connectivity index (χ0v) is 11.7. The van der Waals surface area contributed by atoms with E-state index < -0.39 is 25.5 Å². The number of rotatable bonds is 6. The van der Waals surface area contributed by atoms with Gasteiger partial charge in [0, 0.05) is 24.7 Å². The molecular weight excluding hydrogens is 298 g/mol. The molecule has 21 heavy (non-hydrogen) atoms. The SMILES string of the molecule is Nc1ccc(S(=O)(=O)NCCc2ccco2)c([N+](=O)[O-])c1. The Hall–Kier alpha value is -2.39. The molecule has 0 fully saturated rings. The van der Waals surface area contributed by atoms with Crippen LogP contribution in [0.5, 0.6) is 0 Å². The fourth-order valence-corrected chi connectivity index (χ4v) is 2.93. The summed E-state index contributed by atoms with van der Waals surface area (Å²) in [6, 6.07) is 6.83. The van der Waals surface area contributed by atoms with Gasteiger partial charge in [-0.3, -0.25) is 10.1 Å². The van der Waals surface area contributed by atoms with Crippen molar-refractivity contribution in [2.75, 3.05) is 12.3 Å². The minimum absolute atomic E-state index is 0.0668. The number of hydrogen-bond acceptors (Lipinski definition) is 6. The Bertz CT molecular complexity index is 740. The average molecular weight is 311 g/mol. The van der Waals surface area contributed by atoms with E-state index in [1.54, 1.807) is 12.1 Å². The highest BCUT2D eigenvalue weighted by Gasteiger charge is 2.25. The van der Waals surface area contributed by atoms with Gasteiger partial charge in [-0.25, -0.2) is 13.1 Å². The maximum absolute atomic E-state index is 12.1. The van der Waals surface area contributed by atoms with Crippen molar-refractivity contribution in [1.29, 1.82) is 0 Å². The molecule has 3 N–H and O–H groups in total. The summed E-state index contributed by atoms with van der Waals surface area (Å²) < 4.78 is 31.6. The van der Waals surface area contributed by atoms with Crippen molar-refractivity contribution in [3.63, 3.8) is 0 Å². The van der Waals surface area contributed by atoms with Crippen molar-refractivity contribution in [1.82, 2.24) is 4.72 Å². The lowest BCUT2D eigenvalue weighted by atomic mass is 10.3. The van der Waals surface area contributed by atoms with Gasteiger partial charge in [-0.1, -0.05) is 0 Å². The monoisotopic (exact) mass is 311 g/mol. The zero-order chi connectivity index (χ0) is 15.5.